The van der Waals surface area contributed by atoms with Gasteiger partial charge in [-0.1, -0.05) is 24.3 Å². The molecule has 0 aliphatic rings. The Labute approximate surface area is 133 Å². The molecule has 0 unspecified atom stereocenters. The smallest absolute Gasteiger partial charge is 0.167 e. The molecular weight excluding hydrogens is 363 g/mol. The molecule has 0 aliphatic carbocycles. The van der Waals surface area contributed by atoms with E-state index in [0.29, 0.717) is 12.0 Å². The average Bonchev–Trinajstić information content (AvgIpc) is 2.41. The van der Waals surface area contributed by atoms with E-state index in [1.54, 1.807) is 0 Å². The molecule has 0 atom stereocenters. The molecule has 0 radical (unpaired) electrons. The van der Waals surface area contributed by atoms with Crippen LogP contribution in [0, 0.1) is 3.57 Å². The summed E-state index contributed by atoms with van der Waals surface area (Å²) < 4.78 is 6.79. The number of rotatable bonds is 5. The van der Waals surface area contributed by atoms with E-state index in [2.05, 4.69) is 22.6 Å². The van der Waals surface area contributed by atoms with E-state index >= 15 is 0 Å². The second-order valence-electron chi connectivity index (χ2n) is 4.92. The van der Waals surface area contributed by atoms with Crippen LogP contribution in [0.3, 0.4) is 0 Å². The standard InChI is InChI=1S/C17H17IO2/c1-12(2)20-16-5-3-4-14(11-16)17(19)10-13-6-8-15(18)9-7-13/h3-9,11-12H,10H2,1-2H3. The monoisotopic (exact) mass is 380 g/mol. The molecule has 0 saturated heterocycles. The first-order chi connectivity index (χ1) is 9.54. The molecule has 0 aromatic heterocycles. The van der Waals surface area contributed by atoms with Crippen molar-refractivity contribution in [1.82, 2.24) is 0 Å². The zero-order valence-corrected chi connectivity index (χ0v) is 13.8. The van der Waals surface area contributed by atoms with Crippen LogP contribution in [-0.2, 0) is 6.42 Å². The van der Waals surface area contributed by atoms with Crippen molar-refractivity contribution in [2.75, 3.05) is 0 Å². The van der Waals surface area contributed by atoms with Crippen LogP contribution >= 0.6 is 22.6 Å². The fourth-order valence-corrected chi connectivity index (χ4v) is 2.26. The number of halogens is 1. The van der Waals surface area contributed by atoms with E-state index in [4.69, 9.17) is 4.74 Å². The summed E-state index contributed by atoms with van der Waals surface area (Å²) in [6, 6.07) is 15.4. The van der Waals surface area contributed by atoms with E-state index < -0.39 is 0 Å². The minimum absolute atomic E-state index is 0.108. The average molecular weight is 380 g/mol. The number of hydrogen-bond acceptors (Lipinski definition) is 2. The van der Waals surface area contributed by atoms with E-state index in [9.17, 15) is 4.79 Å². The molecule has 2 rings (SSSR count). The lowest BCUT2D eigenvalue weighted by molar-refractivity contribution is 0.0992. The van der Waals surface area contributed by atoms with Crippen LogP contribution in [0.25, 0.3) is 0 Å². The summed E-state index contributed by atoms with van der Waals surface area (Å²) in [5, 5.41) is 0. The Kier molecular flexibility index (Phi) is 5.17. The molecule has 0 heterocycles. The van der Waals surface area contributed by atoms with E-state index in [-0.39, 0.29) is 11.9 Å². The van der Waals surface area contributed by atoms with Gasteiger partial charge in [-0.3, -0.25) is 4.79 Å². The molecule has 0 amide bonds. The largest absolute Gasteiger partial charge is 0.491 e. The summed E-state index contributed by atoms with van der Waals surface area (Å²) in [4.78, 5) is 12.3. The molecule has 2 aromatic carbocycles. The molecule has 0 spiro atoms. The van der Waals surface area contributed by atoms with Gasteiger partial charge >= 0.3 is 0 Å². The molecule has 0 fully saturated rings. The van der Waals surface area contributed by atoms with E-state index in [1.807, 2.05) is 62.4 Å². The van der Waals surface area contributed by atoms with Gasteiger partial charge in [-0.2, -0.15) is 0 Å². The summed E-state index contributed by atoms with van der Waals surface area (Å²) in [7, 11) is 0. The Morgan fingerprint density at radius 2 is 1.85 bits per heavy atom. The van der Waals surface area contributed by atoms with Crippen LogP contribution in [0.5, 0.6) is 5.75 Å². The summed E-state index contributed by atoms with van der Waals surface area (Å²) in [5.41, 5.74) is 1.73. The van der Waals surface area contributed by atoms with Crippen molar-refractivity contribution in [2.24, 2.45) is 0 Å². The van der Waals surface area contributed by atoms with Crippen molar-refractivity contribution in [3.05, 3.63) is 63.2 Å². The predicted octanol–water partition coefficient (Wildman–Crippen LogP) is 4.50. The third-order valence-corrected chi connectivity index (χ3v) is 3.52. The number of carbonyl (C=O) groups is 1. The Hall–Kier alpha value is -1.36. The van der Waals surface area contributed by atoms with Gasteiger partial charge in [0.1, 0.15) is 5.75 Å². The molecule has 2 aromatic rings. The number of hydrogen-bond donors (Lipinski definition) is 0. The molecule has 0 saturated carbocycles. The van der Waals surface area contributed by atoms with Gasteiger partial charge in [0, 0.05) is 15.6 Å². The number of benzene rings is 2. The van der Waals surface area contributed by atoms with Crippen LogP contribution in [-0.4, -0.2) is 11.9 Å². The first-order valence-corrected chi connectivity index (χ1v) is 7.67. The Morgan fingerprint density at radius 3 is 2.50 bits per heavy atom. The Morgan fingerprint density at radius 1 is 1.15 bits per heavy atom. The summed E-state index contributed by atoms with van der Waals surface area (Å²) in [6.45, 7) is 3.94. The molecule has 0 N–H and O–H groups in total. The zero-order valence-electron chi connectivity index (χ0n) is 11.6. The lowest BCUT2D eigenvalue weighted by Gasteiger charge is -2.10. The second kappa shape index (κ2) is 6.88. The maximum absolute atomic E-state index is 12.3. The number of ketones is 1. The van der Waals surface area contributed by atoms with Crippen molar-refractivity contribution in [2.45, 2.75) is 26.4 Å². The highest BCUT2D eigenvalue weighted by Gasteiger charge is 2.08. The van der Waals surface area contributed by atoms with Gasteiger partial charge in [0.15, 0.2) is 5.78 Å². The number of ether oxygens (including phenoxy) is 1. The van der Waals surface area contributed by atoms with Crippen molar-refractivity contribution in [1.29, 1.82) is 0 Å². The Bertz CT molecular complexity index is 588. The number of Topliss-reactive ketones (excluding diaryl/α,β-unsaturated/α-hetero) is 1. The quantitative estimate of drug-likeness (QED) is 0.564. The molecule has 0 aliphatic heterocycles. The fraction of sp³-hybridized carbons (Fsp3) is 0.235. The van der Waals surface area contributed by atoms with Gasteiger partial charge in [0.2, 0.25) is 0 Å². The molecule has 2 nitrogen and oxygen atoms in total. The Balaban J connectivity index is 2.10. The van der Waals surface area contributed by atoms with Gasteiger partial charge in [0.25, 0.3) is 0 Å². The van der Waals surface area contributed by atoms with Crippen LogP contribution in [0.4, 0.5) is 0 Å². The summed E-state index contributed by atoms with van der Waals surface area (Å²) >= 11 is 2.26. The molecule has 104 valence electrons. The van der Waals surface area contributed by atoms with Crippen molar-refractivity contribution >= 4 is 28.4 Å². The maximum Gasteiger partial charge on any atom is 0.167 e. The highest BCUT2D eigenvalue weighted by Crippen LogP contribution is 2.17. The first-order valence-electron chi connectivity index (χ1n) is 6.59. The van der Waals surface area contributed by atoms with Gasteiger partial charge in [-0.15, -0.1) is 0 Å². The van der Waals surface area contributed by atoms with Crippen molar-refractivity contribution < 1.29 is 9.53 Å². The normalized spacial score (nSPS) is 10.6. The van der Waals surface area contributed by atoms with Crippen LogP contribution in [0.15, 0.2) is 48.5 Å². The van der Waals surface area contributed by atoms with Gasteiger partial charge in [-0.05, 0) is 66.3 Å². The van der Waals surface area contributed by atoms with Crippen LogP contribution in [0.1, 0.15) is 29.8 Å². The third-order valence-electron chi connectivity index (χ3n) is 2.81. The van der Waals surface area contributed by atoms with Gasteiger partial charge in [-0.25, -0.2) is 0 Å². The highest BCUT2D eigenvalue weighted by molar-refractivity contribution is 14.1. The van der Waals surface area contributed by atoms with E-state index in [1.165, 1.54) is 3.57 Å². The molecule has 20 heavy (non-hydrogen) atoms. The fourth-order valence-electron chi connectivity index (χ4n) is 1.90. The molecule has 3 heteroatoms. The lowest BCUT2D eigenvalue weighted by atomic mass is 10.0. The second-order valence-corrected chi connectivity index (χ2v) is 6.17. The van der Waals surface area contributed by atoms with Crippen molar-refractivity contribution in [3.63, 3.8) is 0 Å². The molecule has 0 bridgehead atoms. The summed E-state index contributed by atoms with van der Waals surface area (Å²) in [5.74, 6) is 0.855. The third kappa shape index (κ3) is 4.34. The summed E-state index contributed by atoms with van der Waals surface area (Å²) in [6.07, 6.45) is 0.527. The highest BCUT2D eigenvalue weighted by atomic mass is 127. The topological polar surface area (TPSA) is 26.3 Å². The number of carbonyl (C=O) groups excluding carboxylic acids is 1. The van der Waals surface area contributed by atoms with Crippen molar-refractivity contribution in [3.8, 4) is 5.75 Å². The zero-order chi connectivity index (χ0) is 14.5. The van der Waals surface area contributed by atoms with Gasteiger partial charge in [0.05, 0.1) is 6.10 Å². The van der Waals surface area contributed by atoms with Crippen LogP contribution < -0.4 is 4.74 Å². The van der Waals surface area contributed by atoms with Gasteiger partial charge < -0.3 is 4.74 Å². The molecular formula is C17H17IO2. The lowest BCUT2D eigenvalue weighted by Crippen LogP contribution is -2.07. The first kappa shape index (κ1) is 15.0. The minimum Gasteiger partial charge on any atom is -0.491 e. The van der Waals surface area contributed by atoms with Crippen LogP contribution in [0.2, 0.25) is 0 Å². The maximum atomic E-state index is 12.3. The minimum atomic E-state index is 0.108. The SMILES string of the molecule is CC(C)Oc1cccc(C(=O)Cc2ccc(I)cc2)c1. The predicted molar refractivity (Wildman–Crippen MR) is 89.4 cm³/mol. The van der Waals surface area contributed by atoms with E-state index in [0.717, 1.165) is 11.3 Å².